The van der Waals surface area contributed by atoms with Gasteiger partial charge in [0.1, 0.15) is 12.7 Å². The van der Waals surface area contributed by atoms with Gasteiger partial charge < -0.3 is 19.7 Å². The molecule has 0 saturated heterocycles. The summed E-state index contributed by atoms with van der Waals surface area (Å²) in [5.74, 6) is 2.38. The molecule has 2 N–H and O–H groups in total. The molecule has 1 aliphatic rings. The molecule has 3 aromatic rings. The van der Waals surface area contributed by atoms with Gasteiger partial charge >= 0.3 is 0 Å². The second-order valence-corrected chi connectivity index (χ2v) is 5.76. The highest BCUT2D eigenvalue weighted by atomic mass is 16.6. The van der Waals surface area contributed by atoms with Crippen molar-refractivity contribution >= 4 is 0 Å². The molecule has 1 aliphatic heterocycles. The predicted octanol–water partition coefficient (Wildman–Crippen LogP) is 1.48. The zero-order valence-electron chi connectivity index (χ0n) is 13.4. The van der Waals surface area contributed by atoms with Gasteiger partial charge in [-0.1, -0.05) is 17.3 Å². The number of nitrogens with zero attached hydrogens (tertiary/aromatic N) is 4. The first-order valence-electron chi connectivity index (χ1n) is 7.99. The first-order chi connectivity index (χ1) is 12.3. The molecule has 1 aromatic carbocycles. The van der Waals surface area contributed by atoms with Gasteiger partial charge in [-0.2, -0.15) is 4.98 Å². The fourth-order valence-corrected chi connectivity index (χ4v) is 2.62. The molecule has 2 atom stereocenters. The van der Waals surface area contributed by atoms with E-state index in [9.17, 15) is 0 Å². The van der Waals surface area contributed by atoms with Crippen LogP contribution >= 0.6 is 0 Å². The Morgan fingerprint density at radius 2 is 2.08 bits per heavy atom. The molecular formula is C17H17N5O3. The third-order valence-electron chi connectivity index (χ3n) is 3.82. The van der Waals surface area contributed by atoms with E-state index in [1.54, 1.807) is 18.6 Å². The van der Waals surface area contributed by atoms with Gasteiger partial charge in [0, 0.05) is 25.0 Å². The van der Waals surface area contributed by atoms with E-state index in [2.05, 4.69) is 20.1 Å². The van der Waals surface area contributed by atoms with Gasteiger partial charge in [0.2, 0.25) is 5.89 Å². The van der Waals surface area contributed by atoms with Gasteiger partial charge in [-0.05, 0) is 12.1 Å². The number of aromatic nitrogens is 4. The van der Waals surface area contributed by atoms with Crippen molar-refractivity contribution in [3.8, 4) is 11.5 Å². The van der Waals surface area contributed by atoms with Gasteiger partial charge in [0.05, 0.1) is 18.2 Å². The van der Waals surface area contributed by atoms with E-state index >= 15 is 0 Å². The van der Waals surface area contributed by atoms with Crippen LogP contribution < -0.4 is 15.2 Å². The third-order valence-corrected chi connectivity index (χ3v) is 3.82. The summed E-state index contributed by atoms with van der Waals surface area (Å²) >= 11 is 0. The van der Waals surface area contributed by atoms with Crippen LogP contribution in [0.5, 0.6) is 11.5 Å². The minimum Gasteiger partial charge on any atom is -0.486 e. The summed E-state index contributed by atoms with van der Waals surface area (Å²) in [7, 11) is 0. The smallest absolute Gasteiger partial charge is 0.243 e. The zero-order valence-corrected chi connectivity index (χ0v) is 13.4. The van der Waals surface area contributed by atoms with Crippen molar-refractivity contribution in [3.05, 3.63) is 60.3 Å². The Kier molecular flexibility index (Phi) is 4.26. The minimum atomic E-state index is -0.429. The lowest BCUT2D eigenvalue weighted by molar-refractivity contribution is 0.0894. The van der Waals surface area contributed by atoms with Crippen molar-refractivity contribution in [1.82, 2.24) is 20.1 Å². The van der Waals surface area contributed by atoms with Crippen LogP contribution in [0, 0.1) is 0 Å². The lowest BCUT2D eigenvalue weighted by Crippen LogP contribution is -2.31. The molecule has 25 heavy (non-hydrogen) atoms. The summed E-state index contributed by atoms with van der Waals surface area (Å²) in [6.45, 7) is 0.437. The van der Waals surface area contributed by atoms with Crippen molar-refractivity contribution in [1.29, 1.82) is 0 Å². The molecule has 0 amide bonds. The number of fused-ring (bicyclic) bond motifs is 1. The second kappa shape index (κ2) is 6.86. The first-order valence-corrected chi connectivity index (χ1v) is 7.99. The molecule has 4 rings (SSSR count). The maximum atomic E-state index is 6.12. The monoisotopic (exact) mass is 339 g/mol. The van der Waals surface area contributed by atoms with Crippen LogP contribution in [0.2, 0.25) is 0 Å². The molecule has 0 saturated carbocycles. The first kappa shape index (κ1) is 15.5. The SMILES string of the molecule is NC(Cc1cnccn1)c1nc(CC2COc3ccccc3O2)no1. The number of benzene rings is 1. The van der Waals surface area contributed by atoms with E-state index in [4.69, 9.17) is 19.7 Å². The van der Waals surface area contributed by atoms with Crippen molar-refractivity contribution in [2.24, 2.45) is 5.73 Å². The highest BCUT2D eigenvalue weighted by Crippen LogP contribution is 2.31. The average molecular weight is 339 g/mol. The number of nitrogens with two attached hydrogens (primary N) is 1. The topological polar surface area (TPSA) is 109 Å². The van der Waals surface area contributed by atoms with Crippen LogP contribution in [0.1, 0.15) is 23.5 Å². The largest absolute Gasteiger partial charge is 0.486 e. The molecule has 3 heterocycles. The molecule has 2 aromatic heterocycles. The van der Waals surface area contributed by atoms with Crippen LogP contribution in [0.15, 0.2) is 47.4 Å². The molecule has 8 heteroatoms. The Morgan fingerprint density at radius 1 is 1.20 bits per heavy atom. The third kappa shape index (κ3) is 3.58. The number of hydrogen-bond acceptors (Lipinski definition) is 8. The van der Waals surface area contributed by atoms with Gasteiger partial charge in [-0.25, -0.2) is 0 Å². The van der Waals surface area contributed by atoms with Crippen molar-refractivity contribution in [2.45, 2.75) is 25.0 Å². The molecular weight excluding hydrogens is 322 g/mol. The van der Waals surface area contributed by atoms with Crippen molar-refractivity contribution in [2.75, 3.05) is 6.61 Å². The Morgan fingerprint density at radius 3 is 2.92 bits per heavy atom. The fourth-order valence-electron chi connectivity index (χ4n) is 2.62. The Labute approximate surface area is 144 Å². The maximum Gasteiger partial charge on any atom is 0.243 e. The number of hydrogen-bond donors (Lipinski definition) is 1. The normalized spacial score (nSPS) is 17.2. The van der Waals surface area contributed by atoms with Crippen LogP contribution in [0.4, 0.5) is 0 Å². The Bertz CT molecular complexity index is 839. The quantitative estimate of drug-likeness (QED) is 0.744. The van der Waals surface area contributed by atoms with E-state index in [1.807, 2.05) is 24.3 Å². The molecule has 0 fully saturated rings. The summed E-state index contributed by atoms with van der Waals surface area (Å²) in [4.78, 5) is 12.6. The molecule has 0 spiro atoms. The zero-order chi connectivity index (χ0) is 17.1. The van der Waals surface area contributed by atoms with E-state index in [-0.39, 0.29) is 6.10 Å². The maximum absolute atomic E-state index is 6.12. The van der Waals surface area contributed by atoms with E-state index in [0.717, 1.165) is 17.2 Å². The predicted molar refractivity (Wildman–Crippen MR) is 87.0 cm³/mol. The van der Waals surface area contributed by atoms with Crippen LogP contribution in [-0.2, 0) is 12.8 Å². The Hall–Kier alpha value is -3.00. The summed E-state index contributed by atoms with van der Waals surface area (Å²) < 4.78 is 16.9. The molecule has 8 nitrogen and oxygen atoms in total. The lowest BCUT2D eigenvalue weighted by atomic mass is 10.1. The highest BCUT2D eigenvalue weighted by Gasteiger charge is 2.24. The van der Waals surface area contributed by atoms with Crippen LogP contribution in [-0.4, -0.2) is 32.8 Å². The van der Waals surface area contributed by atoms with Crippen LogP contribution in [0.3, 0.4) is 0 Å². The molecule has 0 bridgehead atoms. The van der Waals surface area contributed by atoms with Gasteiger partial charge in [0.15, 0.2) is 17.3 Å². The van der Waals surface area contributed by atoms with Gasteiger partial charge in [-0.15, -0.1) is 0 Å². The average Bonchev–Trinajstić information content (AvgIpc) is 3.11. The van der Waals surface area contributed by atoms with E-state index in [0.29, 0.717) is 31.2 Å². The minimum absolute atomic E-state index is 0.170. The molecule has 0 radical (unpaired) electrons. The summed E-state index contributed by atoms with van der Waals surface area (Å²) in [6.07, 6.45) is 5.70. The number of para-hydroxylation sites is 2. The summed E-state index contributed by atoms with van der Waals surface area (Å²) in [5.41, 5.74) is 6.89. The van der Waals surface area contributed by atoms with Crippen molar-refractivity contribution in [3.63, 3.8) is 0 Å². The standard InChI is InChI=1S/C17H17N5O3/c18-13(7-11-9-19-5-6-20-11)17-21-16(22-25-17)8-12-10-23-14-3-1-2-4-15(14)24-12/h1-6,9,12-13H,7-8,10,18H2. The van der Waals surface area contributed by atoms with Gasteiger partial charge in [-0.3, -0.25) is 9.97 Å². The van der Waals surface area contributed by atoms with Gasteiger partial charge in [0.25, 0.3) is 0 Å². The van der Waals surface area contributed by atoms with Crippen molar-refractivity contribution < 1.29 is 14.0 Å². The van der Waals surface area contributed by atoms with Crippen LogP contribution in [0.25, 0.3) is 0 Å². The second-order valence-electron chi connectivity index (χ2n) is 5.76. The summed E-state index contributed by atoms with van der Waals surface area (Å²) in [6, 6.07) is 7.14. The number of rotatable bonds is 5. The molecule has 128 valence electrons. The molecule has 0 aliphatic carbocycles. The Balaban J connectivity index is 1.39. The summed E-state index contributed by atoms with van der Waals surface area (Å²) in [5, 5.41) is 3.99. The lowest BCUT2D eigenvalue weighted by Gasteiger charge is -2.25. The molecule has 2 unspecified atom stereocenters. The fraction of sp³-hybridized carbons (Fsp3) is 0.294. The number of ether oxygens (including phenoxy) is 2. The highest BCUT2D eigenvalue weighted by molar-refractivity contribution is 5.40. The van der Waals surface area contributed by atoms with E-state index < -0.39 is 6.04 Å². The van der Waals surface area contributed by atoms with E-state index in [1.165, 1.54) is 0 Å².